The molecule has 0 fully saturated rings. The number of hydrogen-bond donors (Lipinski definition) is 1. The Kier molecular flexibility index (Phi) is 9.74. The molecule has 0 radical (unpaired) electrons. The molecule has 4 nitrogen and oxygen atoms in total. The Labute approximate surface area is 219 Å². The van der Waals surface area contributed by atoms with Gasteiger partial charge in [-0.3, -0.25) is 4.79 Å². The second kappa shape index (κ2) is 12.7. The van der Waals surface area contributed by atoms with E-state index in [1.807, 2.05) is 60.7 Å². The summed E-state index contributed by atoms with van der Waals surface area (Å²) in [6.45, 7) is 0.914. The van der Waals surface area contributed by atoms with Crippen molar-refractivity contribution in [2.24, 2.45) is 0 Å². The summed E-state index contributed by atoms with van der Waals surface area (Å²) < 4.78 is 8.41. The van der Waals surface area contributed by atoms with Crippen molar-refractivity contribution in [1.29, 1.82) is 5.26 Å². The normalized spacial score (nSPS) is 11.0. The van der Waals surface area contributed by atoms with Gasteiger partial charge in [0.2, 0.25) is 0 Å². The van der Waals surface area contributed by atoms with E-state index in [2.05, 4.69) is 65.2 Å². The number of ether oxygens (including phenoxy) is 1. The highest BCUT2D eigenvalue weighted by Crippen LogP contribution is 2.36. The lowest BCUT2D eigenvalue weighted by atomic mass is 10.1. The molecule has 3 rings (SSSR count). The Morgan fingerprint density at radius 1 is 0.970 bits per heavy atom. The highest BCUT2D eigenvalue weighted by Gasteiger charge is 2.12. The van der Waals surface area contributed by atoms with E-state index in [4.69, 9.17) is 4.74 Å². The van der Waals surface area contributed by atoms with Gasteiger partial charge in [-0.2, -0.15) is 5.26 Å². The monoisotopic (exact) mass is 630 g/mol. The molecule has 0 saturated heterocycles. The quantitative estimate of drug-likeness (QED) is 0.154. The van der Waals surface area contributed by atoms with Crippen LogP contribution in [-0.4, -0.2) is 12.5 Å². The molecule has 0 aliphatic rings. The Bertz CT molecular complexity index is 1150. The first-order valence-electron chi connectivity index (χ1n) is 10.3. The van der Waals surface area contributed by atoms with Gasteiger partial charge in [0, 0.05) is 11.0 Å². The number of carbonyl (C=O) groups excluding carboxylic acids is 1. The van der Waals surface area contributed by atoms with E-state index in [9.17, 15) is 10.1 Å². The van der Waals surface area contributed by atoms with Crippen LogP contribution in [0.5, 0.6) is 5.75 Å². The van der Waals surface area contributed by atoms with Gasteiger partial charge in [0.15, 0.2) is 0 Å². The number of amides is 1. The number of aryl methyl sites for hydroxylation is 1. The third-order valence-corrected chi connectivity index (χ3v) is 6.47. The predicted octanol–water partition coefficient (Wildman–Crippen LogP) is 7.21. The minimum atomic E-state index is -0.381. The lowest BCUT2D eigenvalue weighted by Crippen LogP contribution is -2.25. The van der Waals surface area contributed by atoms with Gasteiger partial charge in [-0.25, -0.2) is 0 Å². The summed E-state index contributed by atoms with van der Waals surface area (Å²) in [7, 11) is 0. The van der Waals surface area contributed by atoms with Crippen molar-refractivity contribution < 1.29 is 9.53 Å². The Morgan fingerprint density at radius 2 is 1.64 bits per heavy atom. The Morgan fingerprint density at radius 3 is 2.27 bits per heavy atom. The third kappa shape index (κ3) is 7.85. The molecule has 7 heteroatoms. The number of halogens is 3. The van der Waals surface area contributed by atoms with Crippen molar-refractivity contribution in [3.63, 3.8) is 0 Å². The minimum Gasteiger partial charge on any atom is -0.487 e. The van der Waals surface area contributed by atoms with Crippen LogP contribution in [0.15, 0.2) is 85.7 Å². The first kappa shape index (κ1) is 25.2. The largest absolute Gasteiger partial charge is 0.487 e. The molecule has 0 bridgehead atoms. The van der Waals surface area contributed by atoms with Gasteiger partial charge in [0.1, 0.15) is 24.0 Å². The molecular formula is C26H21Br3N2O2. The van der Waals surface area contributed by atoms with Crippen LogP contribution in [0.3, 0.4) is 0 Å². The van der Waals surface area contributed by atoms with Crippen LogP contribution in [0.1, 0.15) is 23.1 Å². The van der Waals surface area contributed by atoms with E-state index in [0.717, 1.165) is 31.8 Å². The molecule has 168 valence electrons. The third-order valence-electron chi connectivity index (χ3n) is 4.76. The molecule has 1 amide bonds. The molecular weight excluding hydrogens is 612 g/mol. The molecule has 0 atom stereocenters. The fourth-order valence-corrected chi connectivity index (χ4v) is 4.80. The summed E-state index contributed by atoms with van der Waals surface area (Å²) in [5.74, 6) is 0.271. The maximum atomic E-state index is 12.5. The molecule has 33 heavy (non-hydrogen) atoms. The molecule has 3 aromatic carbocycles. The van der Waals surface area contributed by atoms with Crippen molar-refractivity contribution >= 4 is 59.8 Å². The molecule has 3 aromatic rings. The van der Waals surface area contributed by atoms with Gasteiger partial charge in [-0.1, -0.05) is 58.4 Å². The van der Waals surface area contributed by atoms with E-state index in [0.29, 0.717) is 24.5 Å². The maximum absolute atomic E-state index is 12.5. The van der Waals surface area contributed by atoms with Crippen molar-refractivity contribution in [3.8, 4) is 11.8 Å². The lowest BCUT2D eigenvalue weighted by Gasteiger charge is -2.12. The lowest BCUT2D eigenvalue weighted by molar-refractivity contribution is -0.117. The van der Waals surface area contributed by atoms with Crippen LogP contribution in [0.2, 0.25) is 0 Å². The van der Waals surface area contributed by atoms with Crippen molar-refractivity contribution in [1.82, 2.24) is 5.32 Å². The fraction of sp³-hybridized carbons (Fsp3) is 0.154. The average Bonchev–Trinajstić information content (AvgIpc) is 2.81. The van der Waals surface area contributed by atoms with Gasteiger partial charge in [-0.15, -0.1) is 0 Å². The molecule has 0 unspecified atom stereocenters. The van der Waals surface area contributed by atoms with E-state index >= 15 is 0 Å². The van der Waals surface area contributed by atoms with E-state index in [1.54, 1.807) is 6.08 Å². The van der Waals surface area contributed by atoms with Crippen LogP contribution >= 0.6 is 47.8 Å². The van der Waals surface area contributed by atoms with Crippen LogP contribution < -0.4 is 10.1 Å². The predicted molar refractivity (Wildman–Crippen MR) is 142 cm³/mol. The summed E-state index contributed by atoms with van der Waals surface area (Å²) >= 11 is 10.5. The summed E-state index contributed by atoms with van der Waals surface area (Å²) in [4.78, 5) is 12.5. The second-order valence-corrected chi connectivity index (χ2v) is 9.87. The smallest absolute Gasteiger partial charge is 0.261 e. The summed E-state index contributed by atoms with van der Waals surface area (Å²) in [5, 5.41) is 12.3. The van der Waals surface area contributed by atoms with Crippen molar-refractivity contribution in [3.05, 3.63) is 102 Å². The number of carbonyl (C=O) groups is 1. The topological polar surface area (TPSA) is 62.1 Å². The zero-order valence-electron chi connectivity index (χ0n) is 17.7. The second-order valence-electron chi connectivity index (χ2n) is 7.24. The zero-order chi connectivity index (χ0) is 23.6. The average molecular weight is 633 g/mol. The van der Waals surface area contributed by atoms with Crippen LogP contribution in [0.4, 0.5) is 0 Å². The van der Waals surface area contributed by atoms with Crippen LogP contribution in [0.25, 0.3) is 6.08 Å². The van der Waals surface area contributed by atoms with Gasteiger partial charge in [0.05, 0.1) is 8.95 Å². The summed E-state index contributed by atoms with van der Waals surface area (Å²) in [5.41, 5.74) is 3.02. The van der Waals surface area contributed by atoms with E-state index in [-0.39, 0.29) is 11.5 Å². The maximum Gasteiger partial charge on any atom is 0.261 e. The van der Waals surface area contributed by atoms with Gasteiger partial charge in [0.25, 0.3) is 5.91 Å². The van der Waals surface area contributed by atoms with E-state index in [1.165, 1.54) is 5.56 Å². The molecule has 0 aliphatic carbocycles. The molecule has 0 spiro atoms. The number of hydrogen-bond acceptors (Lipinski definition) is 3. The van der Waals surface area contributed by atoms with Crippen LogP contribution in [0, 0.1) is 11.3 Å². The standard InChI is InChI=1S/C26H21Br3N2O2/c27-22-10-8-19(9-11-22)17-33-25-23(28)14-20(15-24(25)29)13-21(16-30)26(32)31-12-4-7-18-5-2-1-3-6-18/h1-3,5-6,8-11,13-15H,4,7,12,17H2,(H,31,32)/b21-13-. The molecule has 0 aliphatic heterocycles. The van der Waals surface area contributed by atoms with Crippen molar-refractivity contribution in [2.45, 2.75) is 19.4 Å². The minimum absolute atomic E-state index is 0.0528. The fourth-order valence-electron chi connectivity index (χ4n) is 3.09. The zero-order valence-corrected chi connectivity index (χ0v) is 22.4. The summed E-state index contributed by atoms with van der Waals surface area (Å²) in [6, 6.07) is 23.6. The number of nitriles is 1. The molecule has 0 aromatic heterocycles. The summed E-state index contributed by atoms with van der Waals surface area (Å²) in [6.07, 6.45) is 3.24. The molecule has 1 N–H and O–H groups in total. The Balaban J connectivity index is 1.60. The Hall–Kier alpha value is -2.40. The molecule has 0 heterocycles. The van der Waals surface area contributed by atoms with Gasteiger partial charge in [-0.05, 0) is 91.7 Å². The van der Waals surface area contributed by atoms with E-state index < -0.39 is 0 Å². The van der Waals surface area contributed by atoms with Crippen molar-refractivity contribution in [2.75, 3.05) is 6.54 Å². The number of rotatable bonds is 9. The highest BCUT2D eigenvalue weighted by atomic mass is 79.9. The number of benzene rings is 3. The van der Waals surface area contributed by atoms with Gasteiger partial charge < -0.3 is 10.1 Å². The number of nitrogens with zero attached hydrogens (tertiary/aromatic N) is 1. The first-order valence-corrected chi connectivity index (χ1v) is 12.6. The highest BCUT2D eigenvalue weighted by molar-refractivity contribution is 9.11. The van der Waals surface area contributed by atoms with Gasteiger partial charge >= 0.3 is 0 Å². The van der Waals surface area contributed by atoms with Crippen LogP contribution in [-0.2, 0) is 17.8 Å². The number of nitrogens with one attached hydrogen (secondary N) is 1. The first-order chi connectivity index (χ1) is 16.0. The SMILES string of the molecule is N#C/C(=C/c1cc(Br)c(OCc2ccc(Br)cc2)c(Br)c1)C(=O)NCCCc1ccccc1. The molecule has 0 saturated carbocycles.